The molecule has 0 aromatic carbocycles. The van der Waals surface area contributed by atoms with Crippen LogP contribution in [0.15, 0.2) is 28.9 Å². The predicted molar refractivity (Wildman–Crippen MR) is 89.1 cm³/mol. The van der Waals surface area contributed by atoms with Crippen LogP contribution in [0.4, 0.5) is 0 Å². The maximum atomic E-state index is 5.85. The molecule has 0 spiro atoms. The average Bonchev–Trinajstić information content (AvgIpc) is 3.23. The molecule has 6 nitrogen and oxygen atoms in total. The highest BCUT2D eigenvalue weighted by Gasteiger charge is 2.25. The quantitative estimate of drug-likeness (QED) is 0.779. The molecule has 0 unspecified atom stereocenters. The first-order valence-corrected chi connectivity index (χ1v) is 8.93. The van der Waals surface area contributed by atoms with Gasteiger partial charge in [-0.15, -0.1) is 10.2 Å². The number of pyridine rings is 1. The molecule has 1 aliphatic carbocycles. The summed E-state index contributed by atoms with van der Waals surface area (Å²) in [6.07, 6.45) is 10.2. The zero-order valence-corrected chi connectivity index (χ0v) is 13.9. The van der Waals surface area contributed by atoms with Gasteiger partial charge in [0.15, 0.2) is 0 Å². The van der Waals surface area contributed by atoms with E-state index in [0.29, 0.717) is 24.4 Å². The van der Waals surface area contributed by atoms with E-state index < -0.39 is 0 Å². The topological polar surface area (TPSA) is 64.3 Å². The first kappa shape index (κ1) is 15.7. The molecule has 1 aliphatic heterocycles. The maximum absolute atomic E-state index is 5.85. The van der Waals surface area contributed by atoms with Crippen LogP contribution in [0.3, 0.4) is 0 Å². The van der Waals surface area contributed by atoms with Crippen LogP contribution in [0.1, 0.15) is 38.0 Å². The van der Waals surface area contributed by atoms with Crippen molar-refractivity contribution in [2.45, 2.75) is 44.8 Å². The van der Waals surface area contributed by atoms with Crippen LogP contribution >= 0.6 is 0 Å². The fraction of sp³-hybridized carbons (Fsp3) is 0.611. The molecule has 1 saturated carbocycles. The first-order chi connectivity index (χ1) is 11.9. The van der Waals surface area contributed by atoms with Crippen LogP contribution in [0.25, 0.3) is 11.5 Å². The lowest BCUT2D eigenvalue weighted by Crippen LogP contribution is -2.37. The van der Waals surface area contributed by atoms with Gasteiger partial charge in [0.25, 0.3) is 0 Å². The molecule has 1 saturated heterocycles. The molecule has 0 amide bonds. The van der Waals surface area contributed by atoms with E-state index >= 15 is 0 Å². The van der Waals surface area contributed by atoms with E-state index in [1.807, 2.05) is 12.1 Å². The Balaban J connectivity index is 1.42. The summed E-state index contributed by atoms with van der Waals surface area (Å²) >= 11 is 0. The molecule has 2 aromatic rings. The van der Waals surface area contributed by atoms with Crippen LogP contribution in [-0.2, 0) is 11.3 Å². The van der Waals surface area contributed by atoms with Crippen molar-refractivity contribution in [3.05, 3.63) is 30.4 Å². The molecule has 0 radical (unpaired) electrons. The summed E-state index contributed by atoms with van der Waals surface area (Å²) in [6.45, 7) is 3.66. The minimum absolute atomic E-state index is 0.353. The van der Waals surface area contributed by atoms with Crippen molar-refractivity contribution in [2.24, 2.45) is 5.92 Å². The lowest BCUT2D eigenvalue weighted by Gasteiger charge is -2.32. The Morgan fingerprint density at radius 1 is 1.12 bits per heavy atom. The summed E-state index contributed by atoms with van der Waals surface area (Å²) in [5.74, 6) is 2.03. The molecule has 6 heteroatoms. The van der Waals surface area contributed by atoms with Gasteiger partial charge in [0.1, 0.15) is 0 Å². The van der Waals surface area contributed by atoms with E-state index in [4.69, 9.17) is 9.15 Å². The summed E-state index contributed by atoms with van der Waals surface area (Å²) in [7, 11) is 0. The molecule has 2 aliphatic rings. The third-order valence-electron chi connectivity index (χ3n) is 4.96. The Kier molecular flexibility index (Phi) is 4.85. The molecule has 3 heterocycles. The molecular weight excluding hydrogens is 304 g/mol. The van der Waals surface area contributed by atoms with Crippen molar-refractivity contribution in [1.82, 2.24) is 20.1 Å². The highest BCUT2D eigenvalue weighted by atomic mass is 16.5. The Hall–Kier alpha value is -1.79. The molecule has 1 atom stereocenters. The fourth-order valence-corrected chi connectivity index (χ4v) is 3.44. The molecular formula is C18H24N4O2. The molecule has 128 valence electrons. The normalized spacial score (nSPS) is 21.3. The minimum Gasteiger partial charge on any atom is -0.419 e. The summed E-state index contributed by atoms with van der Waals surface area (Å²) in [5.41, 5.74) is 0.862. The van der Waals surface area contributed by atoms with Crippen molar-refractivity contribution in [1.29, 1.82) is 0 Å². The number of aromatic nitrogens is 3. The Morgan fingerprint density at radius 3 is 2.79 bits per heavy atom. The van der Waals surface area contributed by atoms with Gasteiger partial charge in [0.05, 0.1) is 18.2 Å². The maximum Gasteiger partial charge on any atom is 0.249 e. The van der Waals surface area contributed by atoms with Gasteiger partial charge in [-0.05, 0) is 43.7 Å². The van der Waals surface area contributed by atoms with Gasteiger partial charge in [0, 0.05) is 32.1 Å². The lowest BCUT2D eigenvalue weighted by atomic mass is 9.85. The van der Waals surface area contributed by atoms with Crippen molar-refractivity contribution < 1.29 is 9.15 Å². The average molecular weight is 328 g/mol. The SMILES string of the molecule is c1cncc(-c2nnc(CN(CC3CCC3)C[C@H]3CCCO3)o2)c1. The fourth-order valence-electron chi connectivity index (χ4n) is 3.44. The van der Waals surface area contributed by atoms with Crippen LogP contribution < -0.4 is 0 Å². The van der Waals surface area contributed by atoms with E-state index in [1.165, 1.54) is 25.7 Å². The largest absolute Gasteiger partial charge is 0.419 e. The predicted octanol–water partition coefficient (Wildman–Crippen LogP) is 2.91. The Morgan fingerprint density at radius 2 is 2.08 bits per heavy atom. The van der Waals surface area contributed by atoms with Crippen molar-refractivity contribution >= 4 is 0 Å². The first-order valence-electron chi connectivity index (χ1n) is 8.93. The molecule has 0 N–H and O–H groups in total. The third kappa shape index (κ3) is 3.82. The number of rotatable bonds is 7. The van der Waals surface area contributed by atoms with Gasteiger partial charge < -0.3 is 9.15 Å². The lowest BCUT2D eigenvalue weighted by molar-refractivity contribution is 0.0547. The van der Waals surface area contributed by atoms with Gasteiger partial charge >= 0.3 is 0 Å². The van der Waals surface area contributed by atoms with E-state index in [2.05, 4.69) is 20.1 Å². The van der Waals surface area contributed by atoms with Crippen molar-refractivity contribution in [2.75, 3.05) is 19.7 Å². The Bertz CT molecular complexity index is 635. The molecule has 2 fully saturated rings. The van der Waals surface area contributed by atoms with Crippen LogP contribution in [0.5, 0.6) is 0 Å². The Labute approximate surface area is 142 Å². The van der Waals surface area contributed by atoms with E-state index in [1.54, 1.807) is 12.4 Å². The van der Waals surface area contributed by atoms with Crippen LogP contribution in [0.2, 0.25) is 0 Å². The summed E-state index contributed by atoms with van der Waals surface area (Å²) in [6, 6.07) is 3.81. The number of nitrogens with zero attached hydrogens (tertiary/aromatic N) is 4. The van der Waals surface area contributed by atoms with Gasteiger partial charge in [-0.2, -0.15) is 0 Å². The molecule has 4 rings (SSSR count). The second-order valence-electron chi connectivity index (χ2n) is 6.87. The summed E-state index contributed by atoms with van der Waals surface area (Å²) in [5, 5.41) is 8.40. The zero-order chi connectivity index (χ0) is 16.2. The van der Waals surface area contributed by atoms with Gasteiger partial charge in [-0.3, -0.25) is 9.88 Å². The van der Waals surface area contributed by atoms with Gasteiger partial charge in [-0.25, -0.2) is 0 Å². The van der Waals surface area contributed by atoms with Crippen LogP contribution in [0, 0.1) is 5.92 Å². The van der Waals surface area contributed by atoms with Gasteiger partial charge in [0.2, 0.25) is 11.8 Å². The standard InChI is InChI=1S/C18H24N4O2/c1-4-14(5-1)11-22(12-16-7-3-9-23-16)13-17-20-21-18(24-17)15-6-2-8-19-10-15/h2,6,8,10,14,16H,1,3-5,7,9,11-13H2/t16-/m1/s1. The summed E-state index contributed by atoms with van der Waals surface area (Å²) < 4.78 is 11.7. The number of ether oxygens (including phenoxy) is 1. The van der Waals surface area contributed by atoms with Crippen LogP contribution in [-0.4, -0.2) is 45.9 Å². The molecule has 24 heavy (non-hydrogen) atoms. The zero-order valence-electron chi connectivity index (χ0n) is 13.9. The smallest absolute Gasteiger partial charge is 0.249 e. The highest BCUT2D eigenvalue weighted by Crippen LogP contribution is 2.28. The molecule has 0 bridgehead atoms. The van der Waals surface area contributed by atoms with E-state index in [0.717, 1.165) is 37.6 Å². The number of hydrogen-bond acceptors (Lipinski definition) is 6. The summed E-state index contributed by atoms with van der Waals surface area (Å²) in [4.78, 5) is 6.53. The van der Waals surface area contributed by atoms with E-state index in [-0.39, 0.29) is 0 Å². The second kappa shape index (κ2) is 7.40. The number of hydrogen-bond donors (Lipinski definition) is 0. The molecule has 2 aromatic heterocycles. The second-order valence-corrected chi connectivity index (χ2v) is 6.87. The highest BCUT2D eigenvalue weighted by molar-refractivity contribution is 5.49. The monoisotopic (exact) mass is 328 g/mol. The minimum atomic E-state index is 0.353. The van der Waals surface area contributed by atoms with E-state index in [9.17, 15) is 0 Å². The van der Waals surface area contributed by atoms with Crippen molar-refractivity contribution in [3.8, 4) is 11.5 Å². The van der Waals surface area contributed by atoms with Gasteiger partial charge in [-0.1, -0.05) is 6.42 Å². The third-order valence-corrected chi connectivity index (χ3v) is 4.96. The van der Waals surface area contributed by atoms with Crippen molar-refractivity contribution in [3.63, 3.8) is 0 Å².